The molecule has 0 spiro atoms. The first-order chi connectivity index (χ1) is 9.56. The molecule has 0 aromatic carbocycles. The lowest BCUT2D eigenvalue weighted by molar-refractivity contribution is 0.128. The highest BCUT2D eigenvalue weighted by Gasteiger charge is 2.31. The third-order valence-corrected chi connectivity index (χ3v) is 6.55. The van der Waals surface area contributed by atoms with Crippen molar-refractivity contribution in [2.45, 2.75) is 91.9 Å². The molecule has 0 N–H and O–H groups in total. The third-order valence-electron chi connectivity index (χ3n) is 6.55. The topological polar surface area (TPSA) is 0 Å². The minimum absolute atomic E-state index is 0.887. The van der Waals surface area contributed by atoms with Crippen LogP contribution >= 0.6 is 0 Å². The molecule has 0 bridgehead atoms. The van der Waals surface area contributed by atoms with Crippen molar-refractivity contribution in [3.05, 3.63) is 0 Å². The summed E-state index contributed by atoms with van der Waals surface area (Å²) in [4.78, 5) is 0. The maximum Gasteiger partial charge on any atom is -0.0386 e. The van der Waals surface area contributed by atoms with Crippen LogP contribution in [0.15, 0.2) is 0 Å². The van der Waals surface area contributed by atoms with E-state index in [9.17, 15) is 0 Å². The normalized spacial score (nSPS) is 37.0. The zero-order valence-electron chi connectivity index (χ0n) is 14.5. The summed E-state index contributed by atoms with van der Waals surface area (Å²) in [6.07, 6.45) is 15.2. The first-order valence-corrected chi connectivity index (χ1v) is 9.56. The van der Waals surface area contributed by atoms with Gasteiger partial charge in [0.1, 0.15) is 0 Å². The average molecular weight is 279 g/mol. The van der Waals surface area contributed by atoms with Crippen molar-refractivity contribution in [3.8, 4) is 0 Å². The Labute approximate surface area is 128 Å². The fraction of sp³-hybridized carbons (Fsp3) is 1.00. The van der Waals surface area contributed by atoms with E-state index in [1.807, 2.05) is 0 Å². The summed E-state index contributed by atoms with van der Waals surface area (Å²) in [6, 6.07) is 0. The van der Waals surface area contributed by atoms with Gasteiger partial charge in [0.2, 0.25) is 0 Å². The monoisotopic (exact) mass is 278 g/mol. The van der Waals surface area contributed by atoms with Gasteiger partial charge in [-0.15, -0.1) is 0 Å². The van der Waals surface area contributed by atoms with Crippen molar-refractivity contribution in [1.82, 2.24) is 0 Å². The van der Waals surface area contributed by atoms with Gasteiger partial charge in [0.25, 0.3) is 0 Å². The summed E-state index contributed by atoms with van der Waals surface area (Å²) in [5, 5.41) is 0. The molecule has 0 heterocycles. The summed E-state index contributed by atoms with van der Waals surface area (Å²) in [5.41, 5.74) is 0. The van der Waals surface area contributed by atoms with Gasteiger partial charge in [-0.05, 0) is 74.0 Å². The zero-order chi connectivity index (χ0) is 14.5. The third kappa shape index (κ3) is 4.78. The minimum atomic E-state index is 0.887. The standard InChI is InChI=1S/C20H38/c1-15(2)5-8-17(4)18-11-13-20(14-12-18)19-9-6-16(3)7-10-19/h15-20H,5-14H2,1-4H3. The van der Waals surface area contributed by atoms with Gasteiger partial charge >= 0.3 is 0 Å². The Balaban J connectivity index is 1.69. The van der Waals surface area contributed by atoms with E-state index in [1.54, 1.807) is 25.7 Å². The molecule has 0 radical (unpaired) electrons. The molecular formula is C20H38. The van der Waals surface area contributed by atoms with Crippen molar-refractivity contribution < 1.29 is 0 Å². The van der Waals surface area contributed by atoms with E-state index < -0.39 is 0 Å². The second kappa shape index (κ2) is 7.85. The molecule has 2 saturated carbocycles. The summed E-state index contributed by atoms with van der Waals surface area (Å²) in [6.45, 7) is 9.71. The Morgan fingerprint density at radius 3 is 1.70 bits per heavy atom. The molecule has 0 saturated heterocycles. The summed E-state index contributed by atoms with van der Waals surface area (Å²) >= 11 is 0. The lowest BCUT2D eigenvalue weighted by Crippen LogP contribution is -2.27. The van der Waals surface area contributed by atoms with Crippen LogP contribution in [0.4, 0.5) is 0 Å². The maximum absolute atomic E-state index is 2.52. The summed E-state index contributed by atoms with van der Waals surface area (Å²) < 4.78 is 0. The SMILES string of the molecule is CC(C)CCC(C)C1CCC(C2CCC(C)CC2)CC1. The van der Waals surface area contributed by atoms with Crippen molar-refractivity contribution in [2.24, 2.45) is 35.5 Å². The van der Waals surface area contributed by atoms with E-state index in [2.05, 4.69) is 27.7 Å². The molecule has 20 heavy (non-hydrogen) atoms. The van der Waals surface area contributed by atoms with Gasteiger partial charge in [-0.1, -0.05) is 53.4 Å². The average Bonchev–Trinajstić information content (AvgIpc) is 2.46. The van der Waals surface area contributed by atoms with Gasteiger partial charge in [0.05, 0.1) is 0 Å². The van der Waals surface area contributed by atoms with Crippen LogP contribution in [-0.2, 0) is 0 Å². The van der Waals surface area contributed by atoms with Crippen LogP contribution < -0.4 is 0 Å². The van der Waals surface area contributed by atoms with Gasteiger partial charge in [-0.25, -0.2) is 0 Å². The Bertz CT molecular complexity index is 251. The Morgan fingerprint density at radius 1 is 0.700 bits per heavy atom. The highest BCUT2D eigenvalue weighted by Crippen LogP contribution is 2.43. The van der Waals surface area contributed by atoms with E-state index in [1.165, 1.54) is 38.5 Å². The van der Waals surface area contributed by atoms with Gasteiger partial charge < -0.3 is 0 Å². The second-order valence-corrected chi connectivity index (χ2v) is 8.64. The molecule has 0 aliphatic heterocycles. The highest BCUT2D eigenvalue weighted by atomic mass is 14.4. The van der Waals surface area contributed by atoms with Crippen molar-refractivity contribution >= 4 is 0 Å². The summed E-state index contributed by atoms with van der Waals surface area (Å²) in [7, 11) is 0. The van der Waals surface area contributed by atoms with Crippen LogP contribution in [0.5, 0.6) is 0 Å². The number of rotatable bonds is 5. The van der Waals surface area contributed by atoms with Crippen molar-refractivity contribution in [1.29, 1.82) is 0 Å². The Kier molecular flexibility index (Phi) is 6.43. The van der Waals surface area contributed by atoms with E-state index in [0.29, 0.717) is 0 Å². The smallest absolute Gasteiger partial charge is 0.0386 e. The molecule has 118 valence electrons. The molecule has 0 aromatic heterocycles. The molecular weight excluding hydrogens is 240 g/mol. The van der Waals surface area contributed by atoms with Crippen molar-refractivity contribution in [3.63, 3.8) is 0 Å². The largest absolute Gasteiger partial charge is 0.0628 e. The molecule has 0 amide bonds. The summed E-state index contributed by atoms with van der Waals surface area (Å²) in [5.74, 6) is 6.11. The highest BCUT2D eigenvalue weighted by molar-refractivity contribution is 4.82. The zero-order valence-corrected chi connectivity index (χ0v) is 14.5. The van der Waals surface area contributed by atoms with E-state index in [-0.39, 0.29) is 0 Å². The van der Waals surface area contributed by atoms with Gasteiger partial charge in [-0.2, -0.15) is 0 Å². The fourth-order valence-electron chi connectivity index (χ4n) is 4.77. The predicted molar refractivity (Wildman–Crippen MR) is 89.8 cm³/mol. The Hall–Kier alpha value is 0. The predicted octanol–water partition coefficient (Wildman–Crippen LogP) is 6.69. The molecule has 0 heteroatoms. The van der Waals surface area contributed by atoms with Crippen LogP contribution in [0.2, 0.25) is 0 Å². The lowest BCUT2D eigenvalue weighted by atomic mass is 9.67. The fourth-order valence-corrected chi connectivity index (χ4v) is 4.77. The van der Waals surface area contributed by atoms with Crippen LogP contribution in [0, 0.1) is 35.5 Å². The van der Waals surface area contributed by atoms with Gasteiger partial charge in [-0.3, -0.25) is 0 Å². The van der Waals surface area contributed by atoms with E-state index in [4.69, 9.17) is 0 Å². The second-order valence-electron chi connectivity index (χ2n) is 8.64. The molecule has 0 nitrogen and oxygen atoms in total. The van der Waals surface area contributed by atoms with Crippen LogP contribution in [-0.4, -0.2) is 0 Å². The lowest BCUT2D eigenvalue weighted by Gasteiger charge is -2.39. The Morgan fingerprint density at radius 2 is 1.20 bits per heavy atom. The number of hydrogen-bond acceptors (Lipinski definition) is 0. The van der Waals surface area contributed by atoms with Crippen molar-refractivity contribution in [2.75, 3.05) is 0 Å². The first-order valence-electron chi connectivity index (χ1n) is 9.56. The minimum Gasteiger partial charge on any atom is -0.0628 e. The van der Waals surface area contributed by atoms with Gasteiger partial charge in [0.15, 0.2) is 0 Å². The van der Waals surface area contributed by atoms with Gasteiger partial charge in [0, 0.05) is 0 Å². The quantitative estimate of drug-likeness (QED) is 0.525. The maximum atomic E-state index is 2.52. The van der Waals surface area contributed by atoms with Crippen LogP contribution in [0.25, 0.3) is 0 Å². The molecule has 2 rings (SSSR count). The molecule has 2 fully saturated rings. The van der Waals surface area contributed by atoms with E-state index >= 15 is 0 Å². The molecule has 2 aliphatic carbocycles. The molecule has 1 atom stereocenters. The first kappa shape index (κ1) is 16.4. The van der Waals surface area contributed by atoms with Crippen LogP contribution in [0.3, 0.4) is 0 Å². The van der Waals surface area contributed by atoms with Crippen LogP contribution in [0.1, 0.15) is 91.9 Å². The van der Waals surface area contributed by atoms with E-state index in [0.717, 1.165) is 35.5 Å². The number of hydrogen-bond donors (Lipinski definition) is 0. The molecule has 0 aromatic rings. The molecule has 2 aliphatic rings. The molecule has 1 unspecified atom stereocenters.